The molecule has 0 aromatic heterocycles. The Morgan fingerprint density at radius 1 is 1.14 bits per heavy atom. The number of hydrogen-bond acceptors (Lipinski definition) is 2. The Morgan fingerprint density at radius 3 is 2.43 bits per heavy atom. The van der Waals surface area contributed by atoms with Crippen LogP contribution in [0.2, 0.25) is 0 Å². The molecule has 1 saturated carbocycles. The highest BCUT2D eigenvalue weighted by Crippen LogP contribution is 2.24. The van der Waals surface area contributed by atoms with E-state index in [9.17, 15) is 0 Å². The van der Waals surface area contributed by atoms with Crippen molar-refractivity contribution >= 4 is 11.6 Å². The molecule has 0 unspecified atom stereocenters. The van der Waals surface area contributed by atoms with Crippen LogP contribution in [-0.4, -0.2) is 41.6 Å². The lowest BCUT2D eigenvalue weighted by atomic mass is 9.91. The van der Waals surface area contributed by atoms with Crippen LogP contribution in [0.25, 0.3) is 0 Å². The number of aliphatic hydroxyl groups is 1. The molecule has 0 heterocycles. The summed E-state index contributed by atoms with van der Waals surface area (Å²) in [5.74, 6) is 0.781. The molecule has 1 N–H and O–H groups in total. The van der Waals surface area contributed by atoms with E-state index in [1.54, 1.807) is 0 Å². The van der Waals surface area contributed by atoms with Crippen molar-refractivity contribution in [1.29, 1.82) is 0 Å². The third kappa shape index (κ3) is 4.16. The fourth-order valence-corrected chi connectivity index (χ4v) is 2.13. The van der Waals surface area contributed by atoms with E-state index in [0.29, 0.717) is 6.61 Å². The summed E-state index contributed by atoms with van der Waals surface area (Å²) >= 11 is 5.63. The van der Waals surface area contributed by atoms with Gasteiger partial charge < -0.3 is 5.11 Å². The lowest BCUT2D eigenvalue weighted by molar-refractivity contribution is 0.0996. The third-order valence-corrected chi connectivity index (χ3v) is 3.32. The third-order valence-electron chi connectivity index (χ3n) is 3.06. The maximum absolute atomic E-state index is 8.95. The Labute approximate surface area is 92.2 Å². The summed E-state index contributed by atoms with van der Waals surface area (Å²) in [6, 6.07) is 0.762. The van der Waals surface area contributed by atoms with Crippen molar-refractivity contribution < 1.29 is 5.11 Å². The minimum atomic E-state index is 0.298. The summed E-state index contributed by atoms with van der Waals surface area (Å²) in [6.07, 6.45) is 7.60. The first-order valence-electron chi connectivity index (χ1n) is 5.79. The molecule has 1 aliphatic rings. The Bertz CT molecular complexity index is 139. The minimum absolute atomic E-state index is 0.298. The van der Waals surface area contributed by atoms with Crippen LogP contribution in [0.1, 0.15) is 38.5 Å². The lowest BCUT2D eigenvalue weighted by Gasteiger charge is -2.37. The van der Waals surface area contributed by atoms with Gasteiger partial charge in [0.25, 0.3) is 0 Å². The lowest BCUT2D eigenvalue weighted by Crippen LogP contribution is -2.42. The number of unbranched alkanes of at least 4 members (excludes halogenated alkanes) is 2. The first kappa shape index (κ1) is 12.3. The van der Waals surface area contributed by atoms with E-state index >= 15 is 0 Å². The molecule has 0 aliphatic heterocycles. The van der Waals surface area contributed by atoms with Crippen LogP contribution in [0, 0.1) is 0 Å². The second-order valence-corrected chi connectivity index (χ2v) is 4.47. The Hall–Kier alpha value is 0.210. The average Bonchev–Trinajstić information content (AvgIpc) is 2.10. The maximum Gasteiger partial charge on any atom is 0.0558 e. The van der Waals surface area contributed by atoms with Crippen molar-refractivity contribution in [2.24, 2.45) is 0 Å². The highest BCUT2D eigenvalue weighted by Gasteiger charge is 2.23. The van der Waals surface area contributed by atoms with Gasteiger partial charge in [-0.1, -0.05) is 12.8 Å². The van der Waals surface area contributed by atoms with Gasteiger partial charge in [-0.3, -0.25) is 4.90 Å². The summed E-state index contributed by atoms with van der Waals surface area (Å²) in [6.45, 7) is 2.29. The summed E-state index contributed by atoms with van der Waals surface area (Å²) in [4.78, 5) is 2.44. The van der Waals surface area contributed by atoms with Crippen molar-refractivity contribution in [3.8, 4) is 0 Å². The van der Waals surface area contributed by atoms with E-state index < -0.39 is 0 Å². The number of hydrogen-bond donors (Lipinski definition) is 1. The summed E-state index contributed by atoms with van der Waals surface area (Å²) < 4.78 is 0. The number of halogens is 1. The molecule has 1 fully saturated rings. The normalized spacial score (nSPS) is 17.4. The molecule has 0 radical (unpaired) electrons. The molecule has 0 bridgehead atoms. The first-order valence-corrected chi connectivity index (χ1v) is 6.33. The molecule has 1 aliphatic carbocycles. The van der Waals surface area contributed by atoms with E-state index in [2.05, 4.69) is 4.90 Å². The molecule has 0 amide bonds. The molecule has 2 nitrogen and oxygen atoms in total. The quantitative estimate of drug-likeness (QED) is 0.500. The SMILES string of the molecule is OCCN(CCCCCCl)C1CCC1. The first-order chi connectivity index (χ1) is 6.88. The molecule has 0 aromatic rings. The van der Waals surface area contributed by atoms with Crippen LogP contribution in [0.5, 0.6) is 0 Å². The number of nitrogens with zero attached hydrogens (tertiary/aromatic N) is 1. The number of aliphatic hydroxyl groups excluding tert-OH is 1. The van der Waals surface area contributed by atoms with Gasteiger partial charge in [-0.2, -0.15) is 0 Å². The van der Waals surface area contributed by atoms with Crippen LogP contribution in [0.15, 0.2) is 0 Å². The molecule has 0 atom stereocenters. The predicted octanol–water partition coefficient (Wildman–Crippen LogP) is 2.24. The summed E-state index contributed by atoms with van der Waals surface area (Å²) in [5, 5.41) is 8.95. The zero-order valence-electron chi connectivity index (χ0n) is 8.92. The van der Waals surface area contributed by atoms with Crippen molar-refractivity contribution in [3.63, 3.8) is 0 Å². The van der Waals surface area contributed by atoms with Gasteiger partial charge in [0.05, 0.1) is 6.61 Å². The van der Waals surface area contributed by atoms with Gasteiger partial charge in [-0.05, 0) is 32.2 Å². The van der Waals surface area contributed by atoms with Crippen LogP contribution in [0.3, 0.4) is 0 Å². The molecule has 0 spiro atoms. The average molecular weight is 220 g/mol. The van der Waals surface area contributed by atoms with Crippen molar-refractivity contribution in [2.75, 3.05) is 25.6 Å². The van der Waals surface area contributed by atoms with E-state index in [-0.39, 0.29) is 0 Å². The second-order valence-electron chi connectivity index (χ2n) is 4.09. The van der Waals surface area contributed by atoms with Gasteiger partial charge in [0.15, 0.2) is 0 Å². The minimum Gasteiger partial charge on any atom is -0.395 e. The van der Waals surface area contributed by atoms with E-state index in [4.69, 9.17) is 16.7 Å². The summed E-state index contributed by atoms with van der Waals surface area (Å²) in [7, 11) is 0. The van der Waals surface area contributed by atoms with Crippen LogP contribution in [-0.2, 0) is 0 Å². The molecule has 1 rings (SSSR count). The van der Waals surface area contributed by atoms with Crippen molar-refractivity contribution in [2.45, 2.75) is 44.6 Å². The van der Waals surface area contributed by atoms with E-state index in [1.807, 2.05) is 0 Å². The fraction of sp³-hybridized carbons (Fsp3) is 1.00. The largest absolute Gasteiger partial charge is 0.395 e. The van der Waals surface area contributed by atoms with Crippen LogP contribution >= 0.6 is 11.6 Å². The molecule has 0 aromatic carbocycles. The topological polar surface area (TPSA) is 23.5 Å². The Kier molecular flexibility index (Phi) is 6.57. The van der Waals surface area contributed by atoms with Crippen molar-refractivity contribution in [3.05, 3.63) is 0 Å². The highest BCUT2D eigenvalue weighted by molar-refractivity contribution is 6.17. The Morgan fingerprint density at radius 2 is 1.93 bits per heavy atom. The Balaban J connectivity index is 2.08. The monoisotopic (exact) mass is 219 g/mol. The number of rotatable bonds is 8. The molecular weight excluding hydrogens is 198 g/mol. The zero-order chi connectivity index (χ0) is 10.2. The van der Waals surface area contributed by atoms with Crippen LogP contribution in [0.4, 0.5) is 0 Å². The van der Waals surface area contributed by atoms with Gasteiger partial charge in [-0.15, -0.1) is 11.6 Å². The van der Waals surface area contributed by atoms with Crippen molar-refractivity contribution in [1.82, 2.24) is 4.90 Å². The van der Waals surface area contributed by atoms with E-state index in [1.165, 1.54) is 32.1 Å². The van der Waals surface area contributed by atoms with Crippen LogP contribution < -0.4 is 0 Å². The molecule has 14 heavy (non-hydrogen) atoms. The smallest absolute Gasteiger partial charge is 0.0558 e. The van der Waals surface area contributed by atoms with Gasteiger partial charge in [-0.25, -0.2) is 0 Å². The second kappa shape index (κ2) is 7.49. The maximum atomic E-state index is 8.95. The molecule has 84 valence electrons. The number of alkyl halides is 1. The summed E-state index contributed by atoms with van der Waals surface area (Å²) in [5.41, 5.74) is 0. The molecular formula is C11H22ClNO. The van der Waals surface area contributed by atoms with Gasteiger partial charge in [0.2, 0.25) is 0 Å². The molecule has 0 saturated heterocycles. The standard InChI is InChI=1S/C11H22ClNO/c12-7-2-1-3-8-13(9-10-14)11-5-4-6-11/h11,14H,1-10H2. The highest BCUT2D eigenvalue weighted by atomic mass is 35.5. The van der Waals surface area contributed by atoms with Gasteiger partial charge in [0, 0.05) is 18.5 Å². The fourth-order valence-electron chi connectivity index (χ4n) is 1.94. The van der Waals surface area contributed by atoms with Gasteiger partial charge in [0.1, 0.15) is 0 Å². The van der Waals surface area contributed by atoms with E-state index in [0.717, 1.165) is 31.4 Å². The zero-order valence-corrected chi connectivity index (χ0v) is 9.68. The van der Waals surface area contributed by atoms with Gasteiger partial charge >= 0.3 is 0 Å². The molecule has 3 heteroatoms. The predicted molar refractivity (Wildman–Crippen MR) is 60.9 cm³/mol.